The van der Waals surface area contributed by atoms with Crippen LogP contribution in [0.5, 0.6) is 0 Å². The predicted molar refractivity (Wildman–Crippen MR) is 85.3 cm³/mol. The monoisotopic (exact) mass is 294 g/mol. The van der Waals surface area contributed by atoms with E-state index >= 15 is 0 Å². The van der Waals surface area contributed by atoms with Crippen LogP contribution in [0, 0.1) is 0 Å². The molecule has 0 spiro atoms. The van der Waals surface area contributed by atoms with E-state index in [0.29, 0.717) is 11.2 Å². The zero-order valence-electron chi connectivity index (χ0n) is 11.1. The number of carbonyl (C=O) groups is 1. The van der Waals surface area contributed by atoms with Crippen molar-refractivity contribution in [2.45, 2.75) is 0 Å². The third-order valence-electron chi connectivity index (χ3n) is 3.72. The van der Waals surface area contributed by atoms with Gasteiger partial charge in [0.15, 0.2) is 5.78 Å². The van der Waals surface area contributed by atoms with Gasteiger partial charge < -0.3 is 0 Å². The number of rotatable bonds is 2. The summed E-state index contributed by atoms with van der Waals surface area (Å²) >= 11 is 5.80. The molecule has 21 heavy (non-hydrogen) atoms. The van der Waals surface area contributed by atoms with Crippen molar-refractivity contribution in [3.63, 3.8) is 0 Å². The van der Waals surface area contributed by atoms with E-state index in [4.69, 9.17) is 11.6 Å². The molecule has 0 fully saturated rings. The predicted octanol–water partition coefficient (Wildman–Crippen LogP) is 4.06. The second-order valence-electron chi connectivity index (χ2n) is 4.94. The van der Waals surface area contributed by atoms with Gasteiger partial charge in [0.2, 0.25) is 0 Å². The number of Topliss-reactive ketones (excluding diaryl/α,β-unsaturated/α-hetero) is 1. The van der Waals surface area contributed by atoms with Crippen molar-refractivity contribution in [2.75, 3.05) is 5.88 Å². The average Bonchev–Trinajstić information content (AvgIpc) is 2.90. The number of nitrogens with zero attached hydrogens (tertiary/aromatic N) is 2. The summed E-state index contributed by atoms with van der Waals surface area (Å²) in [7, 11) is 0. The Balaban J connectivity index is 2.29. The molecular weight excluding hydrogens is 284 g/mol. The van der Waals surface area contributed by atoms with Crippen LogP contribution in [0.4, 0.5) is 0 Å². The van der Waals surface area contributed by atoms with E-state index in [1.165, 1.54) is 0 Å². The molecule has 0 N–H and O–H groups in total. The highest BCUT2D eigenvalue weighted by atomic mass is 35.5. The van der Waals surface area contributed by atoms with Crippen molar-refractivity contribution < 1.29 is 4.79 Å². The molecule has 0 bridgehead atoms. The molecule has 102 valence electrons. The van der Waals surface area contributed by atoms with Gasteiger partial charge in [0.05, 0.1) is 22.5 Å². The first kappa shape index (κ1) is 12.4. The van der Waals surface area contributed by atoms with E-state index in [2.05, 4.69) is 4.98 Å². The lowest BCUT2D eigenvalue weighted by atomic mass is 10.0. The largest absolute Gasteiger partial charge is 0.298 e. The van der Waals surface area contributed by atoms with Crippen LogP contribution in [0.3, 0.4) is 0 Å². The minimum absolute atomic E-state index is 0.0487. The van der Waals surface area contributed by atoms with Crippen molar-refractivity contribution >= 4 is 44.8 Å². The molecule has 0 atom stereocenters. The molecule has 0 unspecified atom stereocenters. The van der Waals surface area contributed by atoms with Crippen LogP contribution in [0.2, 0.25) is 0 Å². The zero-order chi connectivity index (χ0) is 14.4. The summed E-state index contributed by atoms with van der Waals surface area (Å²) in [4.78, 5) is 17.0. The fraction of sp³-hybridized carbons (Fsp3) is 0.0588. The lowest BCUT2D eigenvalue weighted by Crippen LogP contribution is -2.05. The second kappa shape index (κ2) is 4.57. The number of aromatic nitrogens is 2. The van der Waals surface area contributed by atoms with Crippen LogP contribution < -0.4 is 0 Å². The lowest BCUT2D eigenvalue weighted by Gasteiger charge is -2.07. The number of alkyl halides is 1. The Bertz CT molecular complexity index is 1000. The standard InChI is InChI=1S/C17H11ClN2O/c18-9-15(21)16-12-6-2-1-5-11(12)10-20-14-8-4-3-7-13(14)19-17(16)20/h1-8,10H,9H2. The first-order valence-corrected chi connectivity index (χ1v) is 7.21. The summed E-state index contributed by atoms with van der Waals surface area (Å²) in [5.74, 6) is -0.152. The number of ketones is 1. The smallest absolute Gasteiger partial charge is 0.181 e. The van der Waals surface area contributed by atoms with Crippen LogP contribution in [0.25, 0.3) is 27.5 Å². The molecule has 0 amide bonds. The van der Waals surface area contributed by atoms with Crippen LogP contribution in [0.15, 0.2) is 54.7 Å². The molecule has 4 aromatic rings. The summed E-state index contributed by atoms with van der Waals surface area (Å²) < 4.78 is 1.97. The molecule has 2 aromatic heterocycles. The van der Waals surface area contributed by atoms with Gasteiger partial charge in [0.1, 0.15) is 5.65 Å². The minimum Gasteiger partial charge on any atom is -0.298 e. The Morgan fingerprint density at radius 2 is 1.86 bits per heavy atom. The Morgan fingerprint density at radius 3 is 2.71 bits per heavy atom. The Hall–Kier alpha value is -2.39. The van der Waals surface area contributed by atoms with Gasteiger partial charge >= 0.3 is 0 Å². The number of carbonyl (C=O) groups excluding carboxylic acids is 1. The van der Waals surface area contributed by atoms with E-state index in [1.807, 2.05) is 59.1 Å². The molecule has 0 saturated heterocycles. The van der Waals surface area contributed by atoms with E-state index in [0.717, 1.165) is 21.8 Å². The zero-order valence-corrected chi connectivity index (χ0v) is 11.8. The highest BCUT2D eigenvalue weighted by Gasteiger charge is 2.17. The highest BCUT2D eigenvalue weighted by Crippen LogP contribution is 2.27. The van der Waals surface area contributed by atoms with E-state index in [9.17, 15) is 4.79 Å². The average molecular weight is 295 g/mol. The summed E-state index contributed by atoms with van der Waals surface area (Å²) in [6.45, 7) is 0. The Kier molecular flexibility index (Phi) is 2.69. The fourth-order valence-electron chi connectivity index (χ4n) is 2.79. The molecule has 4 heteroatoms. The van der Waals surface area contributed by atoms with Gasteiger partial charge in [-0.3, -0.25) is 9.20 Å². The quantitative estimate of drug-likeness (QED) is 0.413. The third-order valence-corrected chi connectivity index (χ3v) is 3.96. The maximum absolute atomic E-state index is 12.3. The number of imidazole rings is 1. The molecule has 0 saturated carbocycles. The summed E-state index contributed by atoms with van der Waals surface area (Å²) in [5, 5.41) is 1.90. The van der Waals surface area contributed by atoms with Crippen molar-refractivity contribution in [3.8, 4) is 0 Å². The molecule has 0 aliphatic carbocycles. The molecule has 0 aliphatic rings. The number of pyridine rings is 1. The molecule has 0 radical (unpaired) electrons. The molecule has 2 aromatic carbocycles. The SMILES string of the molecule is O=C(CCl)c1c2ccccc2cn2c1nc1ccccc12. The summed E-state index contributed by atoms with van der Waals surface area (Å²) in [6.07, 6.45) is 2.02. The van der Waals surface area contributed by atoms with Gasteiger partial charge in [0, 0.05) is 6.20 Å². The summed E-state index contributed by atoms with van der Waals surface area (Å²) in [5.41, 5.74) is 3.12. The van der Waals surface area contributed by atoms with Crippen LogP contribution in [-0.2, 0) is 0 Å². The van der Waals surface area contributed by atoms with Crippen molar-refractivity contribution in [3.05, 3.63) is 60.3 Å². The van der Waals surface area contributed by atoms with Gasteiger partial charge in [-0.05, 0) is 22.9 Å². The van der Waals surface area contributed by atoms with Crippen LogP contribution >= 0.6 is 11.6 Å². The van der Waals surface area contributed by atoms with Gasteiger partial charge in [0.25, 0.3) is 0 Å². The van der Waals surface area contributed by atoms with Gasteiger partial charge in [-0.2, -0.15) is 0 Å². The molecule has 2 heterocycles. The second-order valence-corrected chi connectivity index (χ2v) is 5.21. The Morgan fingerprint density at radius 1 is 1.10 bits per heavy atom. The molecule has 3 nitrogen and oxygen atoms in total. The van der Waals surface area contributed by atoms with Crippen molar-refractivity contribution in [1.82, 2.24) is 9.38 Å². The lowest BCUT2D eigenvalue weighted by molar-refractivity contribution is 0.102. The van der Waals surface area contributed by atoms with E-state index in [-0.39, 0.29) is 11.7 Å². The first-order chi connectivity index (χ1) is 10.3. The topological polar surface area (TPSA) is 34.4 Å². The number of benzene rings is 2. The molecule has 0 aliphatic heterocycles. The van der Waals surface area contributed by atoms with Gasteiger partial charge in [-0.1, -0.05) is 36.4 Å². The number of hydrogen-bond donors (Lipinski definition) is 0. The van der Waals surface area contributed by atoms with Crippen LogP contribution in [0.1, 0.15) is 10.4 Å². The maximum atomic E-state index is 12.3. The first-order valence-electron chi connectivity index (χ1n) is 6.67. The molecular formula is C17H11ClN2O. The van der Waals surface area contributed by atoms with Crippen molar-refractivity contribution in [2.24, 2.45) is 0 Å². The number of hydrogen-bond acceptors (Lipinski definition) is 2. The highest BCUT2D eigenvalue weighted by molar-refractivity contribution is 6.33. The van der Waals surface area contributed by atoms with Gasteiger partial charge in [-0.25, -0.2) is 4.98 Å². The van der Waals surface area contributed by atoms with E-state index in [1.54, 1.807) is 0 Å². The minimum atomic E-state index is -0.103. The number of halogens is 1. The van der Waals surface area contributed by atoms with Gasteiger partial charge in [-0.15, -0.1) is 11.6 Å². The Labute approximate surface area is 125 Å². The molecule has 4 rings (SSSR count). The normalized spacial score (nSPS) is 11.5. The third kappa shape index (κ3) is 1.74. The maximum Gasteiger partial charge on any atom is 0.181 e. The fourth-order valence-corrected chi connectivity index (χ4v) is 2.92. The van der Waals surface area contributed by atoms with Crippen molar-refractivity contribution in [1.29, 1.82) is 0 Å². The van der Waals surface area contributed by atoms with Crippen LogP contribution in [-0.4, -0.2) is 21.0 Å². The number of para-hydroxylation sites is 2. The van der Waals surface area contributed by atoms with E-state index < -0.39 is 0 Å². The summed E-state index contributed by atoms with van der Waals surface area (Å²) in [6, 6.07) is 15.7. The number of fused-ring (bicyclic) bond motifs is 4.